The lowest BCUT2D eigenvalue weighted by Crippen LogP contribution is -2.47. The molecule has 1 amide bonds. The van der Waals surface area contributed by atoms with Gasteiger partial charge in [-0.15, -0.1) is 0 Å². The highest BCUT2D eigenvalue weighted by Crippen LogP contribution is 2.21. The summed E-state index contributed by atoms with van der Waals surface area (Å²) in [5.74, 6) is 0.189. The fraction of sp³-hybridized carbons (Fsp3) is 0.571. The highest BCUT2D eigenvalue weighted by atomic mass is 16.1. The van der Waals surface area contributed by atoms with E-state index in [1.807, 2.05) is 19.9 Å². The summed E-state index contributed by atoms with van der Waals surface area (Å²) in [6, 6.07) is 2.52. The minimum absolute atomic E-state index is 0.278. The molecule has 2 rings (SSSR count). The monoisotopic (exact) mass is 262 g/mol. The van der Waals surface area contributed by atoms with Crippen LogP contribution in [0.25, 0.3) is 0 Å². The number of piperidine rings is 1. The number of aromatic nitrogens is 1. The molecule has 5 nitrogen and oxygen atoms in total. The minimum Gasteiger partial charge on any atom is -0.365 e. The molecule has 0 spiro atoms. The van der Waals surface area contributed by atoms with Gasteiger partial charge in [-0.1, -0.05) is 0 Å². The smallest absolute Gasteiger partial charge is 0.252 e. The van der Waals surface area contributed by atoms with Gasteiger partial charge in [0.1, 0.15) is 5.82 Å². The Balaban J connectivity index is 2.30. The zero-order valence-electron chi connectivity index (χ0n) is 11.8. The number of aryl methyl sites for hydroxylation is 2. The van der Waals surface area contributed by atoms with E-state index >= 15 is 0 Å². The predicted molar refractivity (Wildman–Crippen MR) is 76.3 cm³/mol. The number of rotatable bonds is 3. The quantitative estimate of drug-likeness (QED) is 0.768. The first-order valence-electron chi connectivity index (χ1n) is 6.77. The van der Waals surface area contributed by atoms with Crippen molar-refractivity contribution in [1.82, 2.24) is 10.3 Å². The van der Waals surface area contributed by atoms with Gasteiger partial charge in [-0.3, -0.25) is 4.79 Å². The maximum absolute atomic E-state index is 11.6. The van der Waals surface area contributed by atoms with Crippen LogP contribution in [0, 0.1) is 13.8 Å². The lowest BCUT2D eigenvalue weighted by molar-refractivity contribution is 0.1000. The largest absolute Gasteiger partial charge is 0.365 e. The van der Waals surface area contributed by atoms with Crippen molar-refractivity contribution < 1.29 is 4.79 Å². The van der Waals surface area contributed by atoms with Crippen molar-refractivity contribution in [1.29, 1.82) is 0 Å². The van der Waals surface area contributed by atoms with E-state index in [-0.39, 0.29) is 6.04 Å². The molecular weight excluding hydrogens is 240 g/mol. The van der Waals surface area contributed by atoms with Crippen LogP contribution in [0.1, 0.15) is 41.4 Å². The van der Waals surface area contributed by atoms with Crippen LogP contribution in [0.4, 0.5) is 5.82 Å². The number of nitrogens with zero attached hydrogens (tertiary/aromatic N) is 1. The van der Waals surface area contributed by atoms with Crippen molar-refractivity contribution in [3.63, 3.8) is 0 Å². The average Bonchev–Trinajstić information content (AvgIpc) is 2.30. The van der Waals surface area contributed by atoms with E-state index in [1.165, 1.54) is 0 Å². The Bertz CT molecular complexity index is 487. The number of hydrogen-bond donors (Lipinski definition) is 3. The molecule has 5 heteroatoms. The first kappa shape index (κ1) is 13.8. The summed E-state index contributed by atoms with van der Waals surface area (Å²) < 4.78 is 0. The van der Waals surface area contributed by atoms with Crippen LogP contribution in [0.15, 0.2) is 6.07 Å². The molecule has 1 aliphatic heterocycles. The molecule has 1 aromatic heterocycles. The lowest BCUT2D eigenvalue weighted by Gasteiger charge is -2.31. The molecular formula is C14H22N4O. The van der Waals surface area contributed by atoms with Crippen LogP contribution >= 0.6 is 0 Å². The van der Waals surface area contributed by atoms with Crippen LogP contribution < -0.4 is 16.4 Å². The third-order valence-electron chi connectivity index (χ3n) is 3.67. The zero-order valence-corrected chi connectivity index (χ0v) is 11.8. The van der Waals surface area contributed by atoms with E-state index in [4.69, 9.17) is 5.73 Å². The number of hydrogen-bond acceptors (Lipinski definition) is 4. The number of carbonyl (C=O) groups is 1. The van der Waals surface area contributed by atoms with E-state index in [1.54, 1.807) is 0 Å². The first-order chi connectivity index (χ1) is 8.99. The first-order valence-corrected chi connectivity index (χ1v) is 6.77. The van der Waals surface area contributed by atoms with Crippen molar-refractivity contribution in [2.24, 2.45) is 5.73 Å². The third-order valence-corrected chi connectivity index (χ3v) is 3.67. The van der Waals surface area contributed by atoms with Gasteiger partial charge in [0, 0.05) is 17.8 Å². The normalized spacial score (nSPS) is 23.1. The number of nitrogens with one attached hydrogen (secondary N) is 2. The fourth-order valence-electron chi connectivity index (χ4n) is 2.67. The van der Waals surface area contributed by atoms with Crippen LogP contribution in [0.5, 0.6) is 0 Å². The van der Waals surface area contributed by atoms with Gasteiger partial charge in [0.15, 0.2) is 0 Å². The van der Waals surface area contributed by atoms with Gasteiger partial charge in [0.25, 0.3) is 5.91 Å². The number of amides is 1. The predicted octanol–water partition coefficient (Wildman–Crippen LogP) is 1.35. The standard InChI is InChI=1S/C14H22N4O/c1-8-7-9(2)17-14(12(8)13(15)19)18-11-5-4-6-16-10(11)3/h7,10-11,16H,4-6H2,1-3H3,(H2,15,19)(H,17,18). The molecule has 0 radical (unpaired) electrons. The van der Waals surface area contributed by atoms with Gasteiger partial charge in [-0.25, -0.2) is 4.98 Å². The second-order valence-corrected chi connectivity index (χ2v) is 5.30. The van der Waals surface area contributed by atoms with Crippen LogP contribution in [-0.4, -0.2) is 29.5 Å². The number of anilines is 1. The van der Waals surface area contributed by atoms with E-state index in [0.29, 0.717) is 17.4 Å². The van der Waals surface area contributed by atoms with Gasteiger partial charge in [-0.05, 0) is 51.8 Å². The summed E-state index contributed by atoms with van der Waals surface area (Å²) in [6.45, 7) is 7.00. The molecule has 2 unspecified atom stereocenters. The molecule has 0 bridgehead atoms. The maximum atomic E-state index is 11.6. The van der Waals surface area contributed by atoms with E-state index < -0.39 is 5.91 Å². The Morgan fingerprint density at radius 3 is 2.89 bits per heavy atom. The number of nitrogens with two attached hydrogens (primary N) is 1. The summed E-state index contributed by atoms with van der Waals surface area (Å²) in [5.41, 5.74) is 7.74. The van der Waals surface area contributed by atoms with Crippen LogP contribution in [0.2, 0.25) is 0 Å². The lowest BCUT2D eigenvalue weighted by atomic mass is 9.99. The molecule has 0 aliphatic carbocycles. The van der Waals surface area contributed by atoms with Gasteiger partial charge >= 0.3 is 0 Å². The molecule has 0 saturated carbocycles. The molecule has 2 atom stereocenters. The third kappa shape index (κ3) is 3.04. The van der Waals surface area contributed by atoms with Gasteiger partial charge in [-0.2, -0.15) is 0 Å². The Morgan fingerprint density at radius 2 is 2.26 bits per heavy atom. The molecule has 4 N–H and O–H groups in total. The summed E-state index contributed by atoms with van der Waals surface area (Å²) in [4.78, 5) is 16.0. The molecule has 1 saturated heterocycles. The minimum atomic E-state index is -0.427. The summed E-state index contributed by atoms with van der Waals surface area (Å²) in [5, 5.41) is 6.81. The summed E-state index contributed by atoms with van der Waals surface area (Å²) >= 11 is 0. The highest BCUT2D eigenvalue weighted by molar-refractivity contribution is 5.99. The van der Waals surface area contributed by atoms with Gasteiger partial charge < -0.3 is 16.4 Å². The summed E-state index contributed by atoms with van der Waals surface area (Å²) in [7, 11) is 0. The van der Waals surface area contributed by atoms with Crippen molar-refractivity contribution in [3.05, 3.63) is 22.9 Å². The van der Waals surface area contributed by atoms with Crippen LogP contribution in [-0.2, 0) is 0 Å². The highest BCUT2D eigenvalue weighted by Gasteiger charge is 2.23. The molecule has 104 valence electrons. The molecule has 2 heterocycles. The van der Waals surface area contributed by atoms with Gasteiger partial charge in [0.2, 0.25) is 0 Å². The van der Waals surface area contributed by atoms with Crippen molar-refractivity contribution in [2.75, 3.05) is 11.9 Å². The molecule has 1 aromatic rings. The van der Waals surface area contributed by atoms with E-state index in [0.717, 1.165) is 30.6 Å². The number of carbonyl (C=O) groups excluding carboxylic acids is 1. The fourth-order valence-corrected chi connectivity index (χ4v) is 2.67. The Morgan fingerprint density at radius 1 is 1.53 bits per heavy atom. The van der Waals surface area contributed by atoms with Crippen LogP contribution in [0.3, 0.4) is 0 Å². The molecule has 19 heavy (non-hydrogen) atoms. The van der Waals surface area contributed by atoms with Crippen molar-refractivity contribution in [3.8, 4) is 0 Å². The SMILES string of the molecule is Cc1cc(C)c(C(N)=O)c(NC2CCCNC2C)n1. The molecule has 0 aromatic carbocycles. The molecule has 1 fully saturated rings. The van der Waals surface area contributed by atoms with Crippen molar-refractivity contribution >= 4 is 11.7 Å². The van der Waals surface area contributed by atoms with Gasteiger partial charge in [0.05, 0.1) is 5.56 Å². The second kappa shape index (κ2) is 5.57. The molecule has 1 aliphatic rings. The Labute approximate surface area is 114 Å². The zero-order chi connectivity index (χ0) is 14.0. The summed E-state index contributed by atoms with van der Waals surface area (Å²) in [6.07, 6.45) is 2.19. The topological polar surface area (TPSA) is 80.0 Å². The Hall–Kier alpha value is -1.62. The van der Waals surface area contributed by atoms with Crippen molar-refractivity contribution in [2.45, 2.75) is 45.7 Å². The van der Waals surface area contributed by atoms with E-state index in [9.17, 15) is 4.79 Å². The van der Waals surface area contributed by atoms with E-state index in [2.05, 4.69) is 22.5 Å². The number of pyridine rings is 1. The number of primary amides is 1. The maximum Gasteiger partial charge on any atom is 0.252 e. The second-order valence-electron chi connectivity index (χ2n) is 5.30. The Kier molecular flexibility index (Phi) is 4.04. The average molecular weight is 262 g/mol.